The van der Waals surface area contributed by atoms with Crippen molar-refractivity contribution >= 4 is 11.8 Å². The largest absolute Gasteiger partial charge is 0.361 e. The zero-order chi connectivity index (χ0) is 16.6. The Balaban J connectivity index is 1.75. The Morgan fingerprint density at radius 3 is 2.57 bits per heavy atom. The molecule has 0 unspecified atom stereocenters. The number of likely N-dealkylation sites (tertiary alicyclic amines) is 1. The monoisotopic (exact) mass is 320 g/mol. The molecular weight excluding hydrogens is 296 g/mol. The molecule has 1 spiro atoms. The second kappa shape index (κ2) is 5.96. The van der Waals surface area contributed by atoms with Gasteiger partial charge in [-0.15, -0.1) is 0 Å². The van der Waals surface area contributed by atoms with E-state index in [9.17, 15) is 9.59 Å². The maximum absolute atomic E-state index is 12.7. The van der Waals surface area contributed by atoms with Gasteiger partial charge in [-0.2, -0.15) is 0 Å². The summed E-state index contributed by atoms with van der Waals surface area (Å²) in [6.45, 7) is 9.21. The molecule has 0 aromatic carbocycles. The zero-order valence-corrected chi connectivity index (χ0v) is 14.0. The summed E-state index contributed by atoms with van der Waals surface area (Å²) >= 11 is 0. The molecule has 23 heavy (non-hydrogen) atoms. The van der Waals surface area contributed by atoms with Crippen molar-refractivity contribution in [2.75, 3.05) is 32.7 Å². The molecule has 0 radical (unpaired) electrons. The highest BCUT2D eigenvalue weighted by atomic mass is 16.5. The Labute approximate surface area is 136 Å². The van der Waals surface area contributed by atoms with Gasteiger partial charge in [-0.1, -0.05) is 12.1 Å². The molecular formula is C16H24N4O3. The summed E-state index contributed by atoms with van der Waals surface area (Å²) in [6, 6.07) is 0. The minimum Gasteiger partial charge on any atom is -0.361 e. The van der Waals surface area contributed by atoms with E-state index in [2.05, 4.69) is 22.3 Å². The molecule has 0 aliphatic carbocycles. The minimum absolute atomic E-state index is 0.0460. The van der Waals surface area contributed by atoms with Crippen molar-refractivity contribution in [3.8, 4) is 0 Å². The van der Waals surface area contributed by atoms with Crippen LogP contribution in [0.3, 0.4) is 0 Å². The number of carbonyl (C=O) groups is 2. The van der Waals surface area contributed by atoms with Gasteiger partial charge in [0.25, 0.3) is 5.91 Å². The van der Waals surface area contributed by atoms with Gasteiger partial charge in [0, 0.05) is 26.2 Å². The van der Waals surface area contributed by atoms with E-state index < -0.39 is 5.54 Å². The van der Waals surface area contributed by atoms with Gasteiger partial charge in [-0.3, -0.25) is 14.5 Å². The molecule has 2 amide bonds. The minimum atomic E-state index is -0.456. The lowest BCUT2D eigenvalue weighted by Gasteiger charge is -2.49. The fourth-order valence-corrected chi connectivity index (χ4v) is 3.86. The number of piperidine rings is 1. The molecule has 1 aromatic rings. The summed E-state index contributed by atoms with van der Waals surface area (Å²) in [5.41, 5.74) is 0.725. The van der Waals surface area contributed by atoms with E-state index in [1.165, 1.54) is 0 Å². The number of amides is 2. The lowest BCUT2D eigenvalue weighted by atomic mass is 9.83. The number of aryl methyl sites for hydroxylation is 2. The number of rotatable bonds is 2. The molecule has 1 N–H and O–H groups in total. The Bertz CT molecular complexity index is 597. The van der Waals surface area contributed by atoms with Crippen LogP contribution in [0.25, 0.3) is 0 Å². The topological polar surface area (TPSA) is 78.7 Å². The Morgan fingerprint density at radius 1 is 1.30 bits per heavy atom. The van der Waals surface area contributed by atoms with Gasteiger partial charge in [0.1, 0.15) is 16.9 Å². The Morgan fingerprint density at radius 2 is 2.00 bits per heavy atom. The van der Waals surface area contributed by atoms with Crippen molar-refractivity contribution in [3.63, 3.8) is 0 Å². The summed E-state index contributed by atoms with van der Waals surface area (Å²) in [4.78, 5) is 29.3. The molecule has 3 rings (SSSR count). The number of likely N-dealkylation sites (N-methyl/N-ethyl adjacent to an activating group) is 1. The third-order valence-corrected chi connectivity index (χ3v) is 5.20. The van der Waals surface area contributed by atoms with Gasteiger partial charge in [0.15, 0.2) is 0 Å². The fourth-order valence-electron chi connectivity index (χ4n) is 3.86. The molecule has 2 aliphatic heterocycles. The molecule has 7 nitrogen and oxygen atoms in total. The van der Waals surface area contributed by atoms with E-state index in [1.54, 1.807) is 13.8 Å². The van der Waals surface area contributed by atoms with Crippen molar-refractivity contribution < 1.29 is 14.1 Å². The number of aromatic nitrogens is 1. The number of hydrogen-bond acceptors (Lipinski definition) is 5. The molecule has 1 aromatic heterocycles. The third kappa shape index (κ3) is 2.52. The molecule has 2 fully saturated rings. The summed E-state index contributed by atoms with van der Waals surface area (Å²) in [6.07, 6.45) is 1.34. The molecule has 126 valence electrons. The van der Waals surface area contributed by atoms with Crippen LogP contribution in [0.15, 0.2) is 4.52 Å². The van der Waals surface area contributed by atoms with Crippen molar-refractivity contribution in [2.24, 2.45) is 0 Å². The summed E-state index contributed by atoms with van der Waals surface area (Å²) in [5, 5.41) is 6.85. The predicted molar refractivity (Wildman–Crippen MR) is 84.1 cm³/mol. The lowest BCUT2D eigenvalue weighted by Crippen LogP contribution is -2.68. The summed E-state index contributed by atoms with van der Waals surface area (Å²) < 4.78 is 5.10. The number of carbonyl (C=O) groups excluding carboxylic acids is 2. The van der Waals surface area contributed by atoms with Crippen LogP contribution in [0.5, 0.6) is 0 Å². The van der Waals surface area contributed by atoms with Gasteiger partial charge < -0.3 is 14.7 Å². The average molecular weight is 320 g/mol. The van der Waals surface area contributed by atoms with E-state index in [0.29, 0.717) is 49.5 Å². The van der Waals surface area contributed by atoms with E-state index in [-0.39, 0.29) is 11.8 Å². The number of nitrogens with one attached hydrogen (secondary N) is 1. The first-order valence-electron chi connectivity index (χ1n) is 8.25. The first kappa shape index (κ1) is 16.0. The normalized spacial score (nSPS) is 21.5. The highest BCUT2D eigenvalue weighted by Crippen LogP contribution is 2.32. The molecule has 3 heterocycles. The molecule has 2 saturated heterocycles. The van der Waals surface area contributed by atoms with E-state index in [0.717, 1.165) is 13.1 Å². The second-order valence-corrected chi connectivity index (χ2v) is 6.36. The van der Waals surface area contributed by atoms with Gasteiger partial charge >= 0.3 is 0 Å². The maximum atomic E-state index is 12.7. The van der Waals surface area contributed by atoms with Crippen LogP contribution in [0.2, 0.25) is 0 Å². The second-order valence-electron chi connectivity index (χ2n) is 6.36. The third-order valence-electron chi connectivity index (χ3n) is 5.20. The molecule has 0 bridgehead atoms. The zero-order valence-electron chi connectivity index (χ0n) is 14.0. The van der Waals surface area contributed by atoms with Crippen molar-refractivity contribution in [1.82, 2.24) is 20.3 Å². The van der Waals surface area contributed by atoms with Crippen LogP contribution in [0.4, 0.5) is 0 Å². The highest BCUT2D eigenvalue weighted by Gasteiger charge is 2.48. The van der Waals surface area contributed by atoms with Crippen LogP contribution < -0.4 is 5.32 Å². The molecule has 7 heteroatoms. The van der Waals surface area contributed by atoms with Gasteiger partial charge in [0.2, 0.25) is 5.91 Å². The average Bonchev–Trinajstić information content (AvgIpc) is 2.89. The van der Waals surface area contributed by atoms with Crippen LogP contribution in [0, 0.1) is 13.8 Å². The van der Waals surface area contributed by atoms with Crippen LogP contribution in [-0.2, 0) is 4.79 Å². The Hall–Kier alpha value is -1.89. The van der Waals surface area contributed by atoms with Crippen LogP contribution >= 0.6 is 0 Å². The number of piperazine rings is 1. The Kier molecular flexibility index (Phi) is 4.14. The van der Waals surface area contributed by atoms with Crippen LogP contribution in [-0.4, -0.2) is 65.0 Å². The van der Waals surface area contributed by atoms with E-state index in [1.807, 2.05) is 4.90 Å². The smallest absolute Gasteiger partial charge is 0.259 e. The van der Waals surface area contributed by atoms with Gasteiger partial charge in [-0.25, -0.2) is 0 Å². The quantitative estimate of drug-likeness (QED) is 0.868. The van der Waals surface area contributed by atoms with Crippen molar-refractivity contribution in [2.45, 2.75) is 39.2 Å². The van der Waals surface area contributed by atoms with Crippen LogP contribution in [0.1, 0.15) is 41.6 Å². The van der Waals surface area contributed by atoms with Crippen molar-refractivity contribution in [3.05, 3.63) is 17.0 Å². The number of hydrogen-bond donors (Lipinski definition) is 1. The van der Waals surface area contributed by atoms with E-state index in [4.69, 9.17) is 4.52 Å². The standard InChI is InChI=1S/C16H24N4O3/c1-4-20-10-7-17-15(22)16(20)5-8-19(9-6-16)14(21)13-11(2)18-23-12(13)3/h4-10H2,1-3H3,(H,17,22). The first-order valence-corrected chi connectivity index (χ1v) is 8.25. The summed E-state index contributed by atoms with van der Waals surface area (Å²) in [5.74, 6) is 0.615. The summed E-state index contributed by atoms with van der Waals surface area (Å²) in [7, 11) is 0. The fraction of sp³-hybridized carbons (Fsp3) is 0.688. The first-order chi connectivity index (χ1) is 11.0. The molecule has 0 atom stereocenters. The molecule has 0 saturated carbocycles. The highest BCUT2D eigenvalue weighted by molar-refractivity contribution is 5.96. The SMILES string of the molecule is CCN1CCNC(=O)C12CCN(C(=O)c1c(C)noc1C)CC2. The number of nitrogens with zero attached hydrogens (tertiary/aromatic N) is 3. The predicted octanol–water partition coefficient (Wildman–Crippen LogP) is 0.718. The van der Waals surface area contributed by atoms with Crippen molar-refractivity contribution in [1.29, 1.82) is 0 Å². The van der Waals surface area contributed by atoms with Gasteiger partial charge in [-0.05, 0) is 33.2 Å². The van der Waals surface area contributed by atoms with Gasteiger partial charge in [0.05, 0.1) is 5.69 Å². The lowest BCUT2D eigenvalue weighted by molar-refractivity contribution is -0.140. The van der Waals surface area contributed by atoms with E-state index >= 15 is 0 Å². The maximum Gasteiger partial charge on any atom is 0.259 e. The molecule has 2 aliphatic rings.